The summed E-state index contributed by atoms with van der Waals surface area (Å²) in [5, 5.41) is 8.74. The molecule has 0 atom stereocenters. The Hall–Kier alpha value is -2.14. The van der Waals surface area contributed by atoms with E-state index in [1.165, 1.54) is 0 Å². The van der Waals surface area contributed by atoms with Gasteiger partial charge in [0.2, 0.25) is 0 Å². The molecule has 0 N–H and O–H groups in total. The minimum Gasteiger partial charge on any atom is -0.251 e. The van der Waals surface area contributed by atoms with E-state index in [0.29, 0.717) is 12.0 Å². The Balaban J connectivity index is 2.15. The summed E-state index contributed by atoms with van der Waals surface area (Å²) in [7, 11) is 0. The number of hydrogen-bond donors (Lipinski definition) is 0. The molecule has 2 aromatic carbocycles. The number of aryl methyl sites for hydroxylation is 1. The minimum absolute atomic E-state index is 0.266. The fourth-order valence-electron chi connectivity index (χ4n) is 1.87. The first kappa shape index (κ1) is 12.3. The average Bonchev–Trinajstić information content (AvgIpc) is 2.46. The molecule has 0 saturated heterocycles. The zero-order valence-corrected chi connectivity index (χ0v) is 10.1. The smallest absolute Gasteiger partial charge is 0.0991 e. The highest BCUT2D eigenvalue weighted by molar-refractivity contribution is 5.64. The highest BCUT2D eigenvalue weighted by Crippen LogP contribution is 2.20. The SMILES string of the molecule is N#Cc1ccc(-c2ccc(CCCF)cc2)cc1. The maximum atomic E-state index is 12.1. The van der Waals surface area contributed by atoms with Crippen molar-refractivity contribution in [1.29, 1.82) is 5.26 Å². The highest BCUT2D eigenvalue weighted by Gasteiger charge is 1.99. The summed E-state index contributed by atoms with van der Waals surface area (Å²) in [4.78, 5) is 0. The standard InChI is InChI=1S/C16H14FN/c17-11-1-2-13-3-7-15(8-4-13)16-9-5-14(12-18)6-10-16/h3-10H,1-2,11H2. The van der Waals surface area contributed by atoms with Gasteiger partial charge >= 0.3 is 0 Å². The largest absolute Gasteiger partial charge is 0.251 e. The van der Waals surface area contributed by atoms with Crippen LogP contribution in [-0.4, -0.2) is 6.67 Å². The summed E-state index contributed by atoms with van der Waals surface area (Å²) in [6.45, 7) is -0.266. The summed E-state index contributed by atoms with van der Waals surface area (Å²) in [6.07, 6.45) is 1.36. The van der Waals surface area contributed by atoms with Crippen LogP contribution >= 0.6 is 0 Å². The first-order chi connectivity index (χ1) is 8.83. The van der Waals surface area contributed by atoms with Crippen LogP contribution in [0.15, 0.2) is 48.5 Å². The van der Waals surface area contributed by atoms with Crippen LogP contribution in [0.25, 0.3) is 11.1 Å². The molecule has 0 fully saturated rings. The molecule has 0 unspecified atom stereocenters. The Morgan fingerprint density at radius 3 is 1.94 bits per heavy atom. The van der Waals surface area contributed by atoms with Crippen molar-refractivity contribution < 1.29 is 4.39 Å². The van der Waals surface area contributed by atoms with Crippen molar-refractivity contribution in [2.75, 3.05) is 6.67 Å². The molecule has 0 aromatic heterocycles. The van der Waals surface area contributed by atoms with Crippen molar-refractivity contribution in [2.45, 2.75) is 12.8 Å². The third-order valence-electron chi connectivity index (χ3n) is 2.90. The summed E-state index contributed by atoms with van der Waals surface area (Å²) in [5.41, 5.74) is 4.03. The summed E-state index contributed by atoms with van der Waals surface area (Å²) in [5.74, 6) is 0. The second kappa shape index (κ2) is 5.97. The zero-order chi connectivity index (χ0) is 12.8. The van der Waals surface area contributed by atoms with E-state index in [1.54, 1.807) is 0 Å². The van der Waals surface area contributed by atoms with Crippen LogP contribution in [0.2, 0.25) is 0 Å². The van der Waals surface area contributed by atoms with Crippen LogP contribution in [0.5, 0.6) is 0 Å². The quantitative estimate of drug-likeness (QED) is 0.787. The van der Waals surface area contributed by atoms with Gasteiger partial charge < -0.3 is 0 Å². The second-order valence-electron chi connectivity index (χ2n) is 4.18. The van der Waals surface area contributed by atoms with E-state index in [-0.39, 0.29) is 6.67 Å². The van der Waals surface area contributed by atoms with Gasteiger partial charge in [-0.1, -0.05) is 36.4 Å². The van der Waals surface area contributed by atoms with Crippen LogP contribution in [0.1, 0.15) is 17.5 Å². The van der Waals surface area contributed by atoms with Crippen LogP contribution in [0, 0.1) is 11.3 Å². The first-order valence-electron chi connectivity index (χ1n) is 5.99. The van der Waals surface area contributed by atoms with Crippen LogP contribution in [0.3, 0.4) is 0 Å². The van der Waals surface area contributed by atoms with Gasteiger partial charge in [-0.2, -0.15) is 5.26 Å². The van der Waals surface area contributed by atoms with Crippen LogP contribution in [-0.2, 0) is 6.42 Å². The Morgan fingerprint density at radius 1 is 0.889 bits per heavy atom. The van der Waals surface area contributed by atoms with E-state index in [0.717, 1.165) is 23.1 Å². The van der Waals surface area contributed by atoms with Gasteiger partial charge in [0.05, 0.1) is 18.3 Å². The summed E-state index contributed by atoms with van der Waals surface area (Å²) >= 11 is 0. The number of benzene rings is 2. The molecule has 0 heterocycles. The van der Waals surface area contributed by atoms with Crippen molar-refractivity contribution >= 4 is 0 Å². The molecule has 2 heteroatoms. The number of halogens is 1. The van der Waals surface area contributed by atoms with Gasteiger partial charge in [-0.25, -0.2) is 0 Å². The van der Waals surface area contributed by atoms with Gasteiger partial charge in [0, 0.05) is 0 Å². The van der Waals surface area contributed by atoms with E-state index in [1.807, 2.05) is 48.5 Å². The van der Waals surface area contributed by atoms with Gasteiger partial charge in [-0.3, -0.25) is 4.39 Å². The van der Waals surface area contributed by atoms with Crippen molar-refractivity contribution in [1.82, 2.24) is 0 Å². The normalized spacial score (nSPS) is 10.0. The third-order valence-corrected chi connectivity index (χ3v) is 2.90. The minimum atomic E-state index is -0.266. The van der Waals surface area contributed by atoms with Crippen LogP contribution in [0.4, 0.5) is 4.39 Å². The monoisotopic (exact) mass is 239 g/mol. The maximum Gasteiger partial charge on any atom is 0.0991 e. The molecule has 18 heavy (non-hydrogen) atoms. The first-order valence-corrected chi connectivity index (χ1v) is 5.99. The average molecular weight is 239 g/mol. The van der Waals surface area contributed by atoms with Crippen molar-refractivity contribution in [2.24, 2.45) is 0 Å². The lowest BCUT2D eigenvalue weighted by Crippen LogP contribution is -1.87. The number of alkyl halides is 1. The van der Waals surface area contributed by atoms with E-state index in [9.17, 15) is 4.39 Å². The van der Waals surface area contributed by atoms with Gasteiger partial charge in [0.1, 0.15) is 0 Å². The van der Waals surface area contributed by atoms with E-state index in [4.69, 9.17) is 5.26 Å². The van der Waals surface area contributed by atoms with Crippen molar-refractivity contribution in [3.63, 3.8) is 0 Å². The summed E-state index contributed by atoms with van der Waals surface area (Å²) < 4.78 is 12.1. The predicted octanol–water partition coefficient (Wildman–Crippen LogP) is 4.13. The number of hydrogen-bond acceptors (Lipinski definition) is 1. The van der Waals surface area contributed by atoms with Gasteiger partial charge in [-0.15, -0.1) is 0 Å². The fourth-order valence-corrected chi connectivity index (χ4v) is 1.87. The van der Waals surface area contributed by atoms with Gasteiger partial charge in [0.25, 0.3) is 0 Å². The third kappa shape index (κ3) is 2.95. The highest BCUT2D eigenvalue weighted by atomic mass is 19.1. The molecule has 0 aliphatic carbocycles. The van der Waals surface area contributed by atoms with Crippen molar-refractivity contribution in [3.05, 3.63) is 59.7 Å². The Bertz CT molecular complexity index is 535. The lowest BCUT2D eigenvalue weighted by molar-refractivity contribution is 0.473. The van der Waals surface area contributed by atoms with E-state index in [2.05, 4.69) is 6.07 Å². The number of rotatable bonds is 4. The predicted molar refractivity (Wildman–Crippen MR) is 70.9 cm³/mol. The molecular weight excluding hydrogens is 225 g/mol. The number of nitriles is 1. The molecular formula is C16H14FN. The fraction of sp³-hybridized carbons (Fsp3) is 0.188. The lowest BCUT2D eigenvalue weighted by atomic mass is 10.0. The van der Waals surface area contributed by atoms with Gasteiger partial charge in [-0.05, 0) is 41.7 Å². The molecule has 0 aliphatic rings. The van der Waals surface area contributed by atoms with E-state index >= 15 is 0 Å². The topological polar surface area (TPSA) is 23.8 Å². The molecule has 0 aliphatic heterocycles. The Labute approximate surface area is 107 Å². The molecule has 2 aromatic rings. The molecule has 1 nitrogen and oxygen atoms in total. The zero-order valence-electron chi connectivity index (χ0n) is 10.1. The molecule has 0 amide bonds. The molecule has 0 saturated carbocycles. The maximum absolute atomic E-state index is 12.1. The number of nitrogens with zero attached hydrogens (tertiary/aromatic N) is 1. The molecule has 2 rings (SSSR count). The van der Waals surface area contributed by atoms with Crippen molar-refractivity contribution in [3.8, 4) is 17.2 Å². The molecule has 90 valence electrons. The molecule has 0 bridgehead atoms. The second-order valence-corrected chi connectivity index (χ2v) is 4.18. The lowest BCUT2D eigenvalue weighted by Gasteiger charge is -2.04. The summed E-state index contributed by atoms with van der Waals surface area (Å²) in [6, 6.07) is 17.7. The Morgan fingerprint density at radius 2 is 1.44 bits per heavy atom. The Kier molecular flexibility index (Phi) is 4.09. The molecule has 0 spiro atoms. The van der Waals surface area contributed by atoms with Gasteiger partial charge in [0.15, 0.2) is 0 Å². The van der Waals surface area contributed by atoms with E-state index < -0.39 is 0 Å². The van der Waals surface area contributed by atoms with Crippen LogP contribution < -0.4 is 0 Å². The molecule has 0 radical (unpaired) electrons.